The maximum Gasteiger partial charge on any atom is 0.337 e. The molecule has 0 fully saturated rings. The van der Waals surface area contributed by atoms with Crippen molar-refractivity contribution in [1.29, 1.82) is 0 Å². The van der Waals surface area contributed by atoms with Crippen LogP contribution in [0.25, 0.3) is 0 Å². The summed E-state index contributed by atoms with van der Waals surface area (Å²) >= 11 is 7.23. The number of carboxylic acids is 1. The van der Waals surface area contributed by atoms with E-state index in [0.29, 0.717) is 11.3 Å². The molecule has 1 aromatic heterocycles. The largest absolute Gasteiger partial charge is 0.478 e. The fourth-order valence-electron chi connectivity index (χ4n) is 1.36. The van der Waals surface area contributed by atoms with Gasteiger partial charge in [0.05, 0.1) is 16.1 Å². The van der Waals surface area contributed by atoms with Crippen molar-refractivity contribution in [3.63, 3.8) is 0 Å². The first-order valence-electron chi connectivity index (χ1n) is 4.94. The summed E-state index contributed by atoms with van der Waals surface area (Å²) in [4.78, 5) is 22.5. The molecule has 0 saturated carbocycles. The predicted octanol–water partition coefficient (Wildman–Crippen LogP) is 3.35. The topological polar surface area (TPSA) is 66.4 Å². The average Bonchev–Trinajstić information content (AvgIpc) is 2.81. The lowest BCUT2D eigenvalue weighted by atomic mass is 10.2. The summed E-state index contributed by atoms with van der Waals surface area (Å²) in [5.41, 5.74) is 1.02. The number of benzene rings is 1. The molecule has 0 aliphatic heterocycles. The Morgan fingerprint density at radius 1 is 1.28 bits per heavy atom. The van der Waals surface area contributed by atoms with E-state index in [1.165, 1.54) is 29.5 Å². The zero-order chi connectivity index (χ0) is 13.1. The van der Waals surface area contributed by atoms with Gasteiger partial charge in [-0.3, -0.25) is 4.79 Å². The fraction of sp³-hybridized carbons (Fsp3) is 0. The average molecular weight is 282 g/mol. The summed E-state index contributed by atoms with van der Waals surface area (Å²) in [6.07, 6.45) is 0. The first-order chi connectivity index (χ1) is 8.58. The third-order valence-corrected chi connectivity index (χ3v) is 3.24. The Morgan fingerprint density at radius 3 is 2.61 bits per heavy atom. The van der Waals surface area contributed by atoms with Crippen LogP contribution in [-0.2, 0) is 0 Å². The van der Waals surface area contributed by atoms with Gasteiger partial charge in [0.15, 0.2) is 0 Å². The van der Waals surface area contributed by atoms with Crippen molar-refractivity contribution in [3.05, 3.63) is 51.2 Å². The van der Waals surface area contributed by atoms with Gasteiger partial charge in [0.1, 0.15) is 0 Å². The number of nitrogens with one attached hydrogen (secondary N) is 1. The zero-order valence-electron chi connectivity index (χ0n) is 9.01. The summed E-state index contributed by atoms with van der Waals surface area (Å²) in [5.74, 6) is -1.36. The van der Waals surface area contributed by atoms with Crippen molar-refractivity contribution < 1.29 is 14.7 Å². The highest BCUT2D eigenvalue weighted by Crippen LogP contribution is 2.21. The van der Waals surface area contributed by atoms with Crippen LogP contribution in [0.5, 0.6) is 0 Å². The van der Waals surface area contributed by atoms with Crippen LogP contribution < -0.4 is 5.32 Å². The molecule has 1 aromatic carbocycles. The van der Waals surface area contributed by atoms with E-state index in [0.717, 1.165) is 0 Å². The molecule has 0 spiro atoms. The summed E-state index contributed by atoms with van der Waals surface area (Å²) in [6, 6.07) is 5.97. The Balaban J connectivity index is 2.18. The molecule has 0 bridgehead atoms. The lowest BCUT2D eigenvalue weighted by Crippen LogP contribution is -2.11. The van der Waals surface area contributed by atoms with E-state index in [1.54, 1.807) is 16.8 Å². The van der Waals surface area contributed by atoms with Gasteiger partial charge in [-0.2, -0.15) is 11.3 Å². The minimum Gasteiger partial charge on any atom is -0.478 e. The Bertz CT molecular complexity index is 595. The highest BCUT2D eigenvalue weighted by atomic mass is 35.5. The number of rotatable bonds is 3. The van der Waals surface area contributed by atoms with Gasteiger partial charge in [0.25, 0.3) is 5.91 Å². The van der Waals surface area contributed by atoms with Crippen LogP contribution in [0.1, 0.15) is 20.7 Å². The molecular formula is C12H8ClNO3S. The number of carbonyl (C=O) groups excluding carboxylic acids is 1. The van der Waals surface area contributed by atoms with Crippen LogP contribution >= 0.6 is 22.9 Å². The summed E-state index contributed by atoms with van der Waals surface area (Å²) < 4.78 is 0. The molecule has 2 N–H and O–H groups in total. The zero-order valence-corrected chi connectivity index (χ0v) is 10.6. The molecule has 1 amide bonds. The quantitative estimate of drug-likeness (QED) is 0.906. The summed E-state index contributed by atoms with van der Waals surface area (Å²) in [7, 11) is 0. The highest BCUT2D eigenvalue weighted by Gasteiger charge is 2.11. The van der Waals surface area contributed by atoms with E-state index in [2.05, 4.69) is 5.32 Å². The van der Waals surface area contributed by atoms with Crippen LogP contribution in [0.2, 0.25) is 5.02 Å². The molecule has 2 aromatic rings. The molecular weight excluding hydrogens is 274 g/mol. The second-order valence-electron chi connectivity index (χ2n) is 3.47. The van der Waals surface area contributed by atoms with Crippen LogP contribution in [-0.4, -0.2) is 17.0 Å². The normalized spacial score (nSPS) is 10.1. The number of hydrogen-bond acceptors (Lipinski definition) is 3. The number of halogens is 1. The third-order valence-electron chi connectivity index (χ3n) is 2.24. The molecule has 4 nitrogen and oxygen atoms in total. The van der Waals surface area contributed by atoms with Crippen molar-refractivity contribution >= 4 is 40.5 Å². The third kappa shape index (κ3) is 2.69. The molecule has 0 aliphatic carbocycles. The minimum absolute atomic E-state index is 0.00481. The van der Waals surface area contributed by atoms with Gasteiger partial charge in [-0.05, 0) is 29.6 Å². The first-order valence-corrected chi connectivity index (χ1v) is 6.26. The lowest BCUT2D eigenvalue weighted by Gasteiger charge is -2.05. The highest BCUT2D eigenvalue weighted by molar-refractivity contribution is 7.08. The summed E-state index contributed by atoms with van der Waals surface area (Å²) in [6.45, 7) is 0. The van der Waals surface area contributed by atoms with Gasteiger partial charge in [-0.25, -0.2) is 4.79 Å². The summed E-state index contributed by atoms with van der Waals surface area (Å²) in [5, 5.41) is 15.1. The van der Waals surface area contributed by atoms with E-state index >= 15 is 0 Å². The van der Waals surface area contributed by atoms with E-state index in [1.807, 2.05) is 0 Å². The lowest BCUT2D eigenvalue weighted by molar-refractivity contribution is 0.0697. The van der Waals surface area contributed by atoms with Crippen molar-refractivity contribution in [2.45, 2.75) is 0 Å². The SMILES string of the molecule is O=C(Nc1ccc(C(=O)O)c(Cl)c1)c1ccsc1. The van der Waals surface area contributed by atoms with Gasteiger partial charge in [-0.1, -0.05) is 11.6 Å². The Morgan fingerprint density at radius 2 is 2.06 bits per heavy atom. The molecule has 2 rings (SSSR count). The van der Waals surface area contributed by atoms with E-state index < -0.39 is 5.97 Å². The van der Waals surface area contributed by atoms with E-state index in [-0.39, 0.29) is 16.5 Å². The van der Waals surface area contributed by atoms with Gasteiger partial charge in [0.2, 0.25) is 0 Å². The maximum absolute atomic E-state index is 11.7. The molecule has 0 unspecified atom stereocenters. The predicted molar refractivity (Wildman–Crippen MR) is 70.7 cm³/mol. The Labute approximate surface area is 112 Å². The Hall–Kier alpha value is -1.85. The van der Waals surface area contributed by atoms with Gasteiger partial charge < -0.3 is 10.4 Å². The standard InChI is InChI=1S/C12H8ClNO3S/c13-10-5-8(1-2-9(10)12(16)17)14-11(15)7-3-4-18-6-7/h1-6H,(H,14,15)(H,16,17). The molecule has 0 atom stereocenters. The number of amides is 1. The number of carbonyl (C=O) groups is 2. The van der Waals surface area contributed by atoms with Crippen LogP contribution in [0, 0.1) is 0 Å². The molecule has 0 radical (unpaired) electrons. The maximum atomic E-state index is 11.7. The molecule has 0 saturated heterocycles. The molecule has 18 heavy (non-hydrogen) atoms. The molecule has 6 heteroatoms. The number of aromatic carboxylic acids is 1. The van der Waals surface area contributed by atoms with Crippen LogP contribution in [0.3, 0.4) is 0 Å². The Kier molecular flexibility index (Phi) is 3.64. The number of thiophene rings is 1. The fourth-order valence-corrected chi connectivity index (χ4v) is 2.26. The van der Waals surface area contributed by atoms with Crippen molar-refractivity contribution in [2.24, 2.45) is 0 Å². The van der Waals surface area contributed by atoms with Gasteiger partial charge in [0, 0.05) is 11.1 Å². The molecule has 92 valence electrons. The second-order valence-corrected chi connectivity index (χ2v) is 4.65. The number of anilines is 1. The van der Waals surface area contributed by atoms with Crippen molar-refractivity contribution in [2.75, 3.05) is 5.32 Å². The van der Waals surface area contributed by atoms with E-state index in [4.69, 9.17) is 16.7 Å². The molecule has 0 aliphatic rings. The van der Waals surface area contributed by atoms with Crippen LogP contribution in [0.4, 0.5) is 5.69 Å². The van der Waals surface area contributed by atoms with E-state index in [9.17, 15) is 9.59 Å². The van der Waals surface area contributed by atoms with Crippen molar-refractivity contribution in [3.8, 4) is 0 Å². The molecule has 1 heterocycles. The number of hydrogen-bond donors (Lipinski definition) is 2. The second kappa shape index (κ2) is 5.20. The first kappa shape index (κ1) is 12.6. The minimum atomic E-state index is -1.10. The van der Waals surface area contributed by atoms with Crippen molar-refractivity contribution in [1.82, 2.24) is 0 Å². The number of carboxylic acid groups (broad SMARTS) is 1. The van der Waals surface area contributed by atoms with Crippen LogP contribution in [0.15, 0.2) is 35.0 Å². The van der Waals surface area contributed by atoms with Gasteiger partial charge in [-0.15, -0.1) is 0 Å². The van der Waals surface area contributed by atoms with Gasteiger partial charge >= 0.3 is 5.97 Å². The smallest absolute Gasteiger partial charge is 0.337 e. The monoisotopic (exact) mass is 281 g/mol.